The van der Waals surface area contributed by atoms with Gasteiger partial charge in [-0.2, -0.15) is 0 Å². The molecular weight excluding hydrogens is 228 g/mol. The number of aryl methyl sites for hydroxylation is 1. The Balaban J connectivity index is 1.65. The van der Waals surface area contributed by atoms with Crippen LogP contribution in [0, 0.1) is 11.8 Å². The van der Waals surface area contributed by atoms with Crippen molar-refractivity contribution in [3.63, 3.8) is 0 Å². The van der Waals surface area contributed by atoms with Crippen LogP contribution in [0.2, 0.25) is 0 Å². The minimum absolute atomic E-state index is 0.840. The number of benzene rings is 1. The van der Waals surface area contributed by atoms with Crippen molar-refractivity contribution < 1.29 is 0 Å². The summed E-state index contributed by atoms with van der Waals surface area (Å²) >= 11 is 0. The molecule has 104 valence electrons. The van der Waals surface area contributed by atoms with Crippen molar-refractivity contribution in [1.29, 1.82) is 0 Å². The lowest BCUT2D eigenvalue weighted by atomic mass is 9.72. The number of rotatable bonds is 3. The van der Waals surface area contributed by atoms with Gasteiger partial charge in [-0.1, -0.05) is 63.3 Å². The van der Waals surface area contributed by atoms with Gasteiger partial charge in [0.25, 0.3) is 0 Å². The van der Waals surface area contributed by atoms with Crippen LogP contribution in [0.1, 0.15) is 75.3 Å². The summed E-state index contributed by atoms with van der Waals surface area (Å²) in [5, 5.41) is 0. The molecule has 1 aromatic carbocycles. The fraction of sp³-hybridized carbons (Fsp3) is 0.684. The third-order valence-corrected chi connectivity index (χ3v) is 5.62. The number of hydrogen-bond donors (Lipinski definition) is 0. The summed E-state index contributed by atoms with van der Waals surface area (Å²) in [6.45, 7) is 2.47. The van der Waals surface area contributed by atoms with Crippen LogP contribution in [0.3, 0.4) is 0 Å². The van der Waals surface area contributed by atoms with Gasteiger partial charge < -0.3 is 0 Å². The van der Waals surface area contributed by atoms with Crippen LogP contribution in [-0.4, -0.2) is 0 Å². The second-order valence-corrected chi connectivity index (χ2v) is 6.90. The second-order valence-electron chi connectivity index (χ2n) is 6.90. The van der Waals surface area contributed by atoms with Gasteiger partial charge >= 0.3 is 0 Å². The van der Waals surface area contributed by atoms with E-state index in [1.165, 1.54) is 57.8 Å². The van der Waals surface area contributed by atoms with Gasteiger partial charge in [-0.15, -0.1) is 0 Å². The van der Waals surface area contributed by atoms with E-state index < -0.39 is 0 Å². The summed E-state index contributed by atoms with van der Waals surface area (Å²) < 4.78 is 0. The highest BCUT2D eigenvalue weighted by molar-refractivity contribution is 5.33. The fourth-order valence-electron chi connectivity index (χ4n) is 4.35. The lowest BCUT2D eigenvalue weighted by Gasteiger charge is -2.33. The maximum atomic E-state index is 2.47. The van der Waals surface area contributed by atoms with Gasteiger partial charge in [0, 0.05) is 0 Å². The highest BCUT2D eigenvalue weighted by Crippen LogP contribution is 2.40. The molecule has 2 atom stereocenters. The standard InChI is InChI=1S/C19H28/c1-15-11-13-17-9-5-6-10-19(17)18(15)14-12-16-7-3-2-4-8-16/h5-6,9-10,15-16,18H,2-4,7-8,11-14H2,1H3. The molecule has 0 nitrogen and oxygen atoms in total. The molecule has 1 fully saturated rings. The highest BCUT2D eigenvalue weighted by Gasteiger charge is 2.26. The zero-order valence-electron chi connectivity index (χ0n) is 12.4. The summed E-state index contributed by atoms with van der Waals surface area (Å²) in [6, 6.07) is 9.21. The van der Waals surface area contributed by atoms with Gasteiger partial charge in [-0.25, -0.2) is 0 Å². The summed E-state index contributed by atoms with van der Waals surface area (Å²) in [4.78, 5) is 0. The SMILES string of the molecule is CC1CCc2ccccc2C1CCC1CCCCC1. The smallest absolute Gasteiger partial charge is 0.0133 e. The molecule has 19 heavy (non-hydrogen) atoms. The molecule has 0 aromatic heterocycles. The van der Waals surface area contributed by atoms with Crippen LogP contribution in [0.5, 0.6) is 0 Å². The Morgan fingerprint density at radius 2 is 1.74 bits per heavy atom. The van der Waals surface area contributed by atoms with Crippen molar-refractivity contribution in [2.24, 2.45) is 11.8 Å². The van der Waals surface area contributed by atoms with Crippen molar-refractivity contribution in [1.82, 2.24) is 0 Å². The van der Waals surface area contributed by atoms with Gasteiger partial charge in [0.05, 0.1) is 0 Å². The summed E-state index contributed by atoms with van der Waals surface area (Å²) in [5.41, 5.74) is 3.31. The molecule has 1 saturated carbocycles. The molecule has 0 N–H and O–H groups in total. The third-order valence-electron chi connectivity index (χ3n) is 5.62. The molecule has 3 rings (SSSR count). The maximum absolute atomic E-state index is 2.47. The molecule has 1 aromatic rings. The predicted molar refractivity (Wildman–Crippen MR) is 82.5 cm³/mol. The Kier molecular flexibility index (Phi) is 4.25. The van der Waals surface area contributed by atoms with E-state index in [-0.39, 0.29) is 0 Å². The molecule has 0 heteroatoms. The summed E-state index contributed by atoms with van der Waals surface area (Å²) in [6.07, 6.45) is 13.1. The topological polar surface area (TPSA) is 0 Å². The van der Waals surface area contributed by atoms with Crippen LogP contribution in [0.15, 0.2) is 24.3 Å². The first-order valence-electron chi connectivity index (χ1n) is 8.42. The van der Waals surface area contributed by atoms with Crippen molar-refractivity contribution in [3.05, 3.63) is 35.4 Å². The van der Waals surface area contributed by atoms with Crippen LogP contribution < -0.4 is 0 Å². The zero-order valence-corrected chi connectivity index (χ0v) is 12.4. The highest BCUT2D eigenvalue weighted by atomic mass is 14.3. The first-order chi connectivity index (χ1) is 9.34. The van der Waals surface area contributed by atoms with Crippen LogP contribution >= 0.6 is 0 Å². The quantitative estimate of drug-likeness (QED) is 0.649. The van der Waals surface area contributed by atoms with Crippen molar-refractivity contribution in [2.75, 3.05) is 0 Å². The van der Waals surface area contributed by atoms with Gasteiger partial charge in [0.15, 0.2) is 0 Å². The van der Waals surface area contributed by atoms with E-state index in [0.717, 1.165) is 17.8 Å². The molecule has 0 radical (unpaired) electrons. The Labute approximate surface area is 118 Å². The van der Waals surface area contributed by atoms with Crippen molar-refractivity contribution in [3.8, 4) is 0 Å². The van der Waals surface area contributed by atoms with Gasteiger partial charge in [-0.3, -0.25) is 0 Å². The molecule has 0 aliphatic heterocycles. The summed E-state index contributed by atoms with van der Waals surface area (Å²) in [7, 11) is 0. The monoisotopic (exact) mass is 256 g/mol. The first kappa shape index (κ1) is 13.2. The van der Waals surface area contributed by atoms with E-state index in [4.69, 9.17) is 0 Å². The Bertz CT molecular complexity index is 400. The average molecular weight is 256 g/mol. The Morgan fingerprint density at radius 3 is 2.58 bits per heavy atom. The third kappa shape index (κ3) is 3.04. The molecule has 0 spiro atoms. The van der Waals surface area contributed by atoms with Crippen molar-refractivity contribution >= 4 is 0 Å². The van der Waals surface area contributed by atoms with Crippen LogP contribution in [0.4, 0.5) is 0 Å². The average Bonchev–Trinajstić information content (AvgIpc) is 2.47. The normalized spacial score (nSPS) is 28.1. The van der Waals surface area contributed by atoms with E-state index in [9.17, 15) is 0 Å². The maximum Gasteiger partial charge on any atom is -0.0133 e. The molecular formula is C19H28. The second kappa shape index (κ2) is 6.11. The molecule has 0 amide bonds. The number of hydrogen-bond acceptors (Lipinski definition) is 0. The molecule has 0 bridgehead atoms. The Morgan fingerprint density at radius 1 is 0.947 bits per heavy atom. The fourth-order valence-corrected chi connectivity index (χ4v) is 4.35. The van der Waals surface area contributed by atoms with Crippen LogP contribution in [-0.2, 0) is 6.42 Å². The van der Waals surface area contributed by atoms with E-state index in [1.807, 2.05) is 0 Å². The molecule has 0 saturated heterocycles. The molecule has 2 aliphatic carbocycles. The lowest BCUT2D eigenvalue weighted by Crippen LogP contribution is -2.19. The van der Waals surface area contributed by atoms with Gasteiger partial charge in [-0.05, 0) is 54.6 Å². The van der Waals surface area contributed by atoms with Gasteiger partial charge in [0.1, 0.15) is 0 Å². The number of fused-ring (bicyclic) bond motifs is 1. The van der Waals surface area contributed by atoms with Crippen molar-refractivity contribution in [2.45, 2.75) is 70.6 Å². The molecule has 0 heterocycles. The van der Waals surface area contributed by atoms with Crippen LogP contribution in [0.25, 0.3) is 0 Å². The molecule has 2 aliphatic rings. The minimum Gasteiger partial charge on any atom is -0.0620 e. The van der Waals surface area contributed by atoms with E-state index in [0.29, 0.717) is 0 Å². The largest absolute Gasteiger partial charge is 0.0620 e. The molecule has 2 unspecified atom stereocenters. The minimum atomic E-state index is 0.840. The first-order valence-corrected chi connectivity index (χ1v) is 8.42. The van der Waals surface area contributed by atoms with Gasteiger partial charge in [0.2, 0.25) is 0 Å². The summed E-state index contributed by atoms with van der Waals surface area (Å²) in [5.74, 6) is 2.76. The van der Waals surface area contributed by atoms with E-state index in [2.05, 4.69) is 31.2 Å². The van der Waals surface area contributed by atoms with E-state index in [1.54, 1.807) is 11.1 Å². The zero-order chi connectivity index (χ0) is 13.1. The lowest BCUT2D eigenvalue weighted by molar-refractivity contribution is 0.295. The van der Waals surface area contributed by atoms with E-state index >= 15 is 0 Å². The predicted octanol–water partition coefficient (Wildman–Crippen LogP) is 5.71. The Hall–Kier alpha value is -0.780.